The maximum Gasteiger partial charge on any atom is 0.416 e. The van der Waals surface area contributed by atoms with Gasteiger partial charge in [0.05, 0.1) is 16.7 Å². The number of ether oxygens (including phenoxy) is 1. The average Bonchev–Trinajstić information content (AvgIpc) is 3.26. The van der Waals surface area contributed by atoms with Crippen LogP contribution in [-0.4, -0.2) is 28.0 Å². The van der Waals surface area contributed by atoms with Gasteiger partial charge < -0.3 is 14.4 Å². The third-order valence-electron chi connectivity index (χ3n) is 5.27. The summed E-state index contributed by atoms with van der Waals surface area (Å²) in [5, 5.41) is 11.1. The molecule has 1 saturated heterocycles. The topological polar surface area (TPSA) is 68.5 Å². The molecular weight excluding hydrogens is 492 g/mol. The molecule has 0 atom stereocenters. The minimum atomic E-state index is -5.07. The van der Waals surface area contributed by atoms with Crippen LogP contribution in [0.2, 0.25) is 5.02 Å². The maximum atomic E-state index is 13.6. The first-order chi connectivity index (χ1) is 15.8. The number of aliphatic hydroxyl groups excluding tert-OH is 1. The van der Waals surface area contributed by atoms with Crippen molar-refractivity contribution >= 4 is 40.0 Å². The quantitative estimate of drug-likeness (QED) is 0.162. The van der Waals surface area contributed by atoms with Crippen LogP contribution in [0.25, 0.3) is 16.7 Å². The molecule has 1 N–H and O–H groups in total. The number of Topliss-reactive ketones (excluding diaryl/α,β-unsaturated/α-hetero) is 1. The van der Waals surface area contributed by atoms with Gasteiger partial charge in [-0.05, 0) is 35.9 Å². The van der Waals surface area contributed by atoms with Crippen molar-refractivity contribution in [1.82, 2.24) is 4.57 Å². The molecule has 1 aliphatic rings. The Morgan fingerprint density at radius 2 is 1.74 bits per heavy atom. The molecule has 0 amide bonds. The van der Waals surface area contributed by atoms with Crippen molar-refractivity contribution in [1.29, 1.82) is 0 Å². The number of ketones is 1. The van der Waals surface area contributed by atoms with Crippen molar-refractivity contribution in [2.45, 2.75) is 18.9 Å². The molecule has 5 nitrogen and oxygen atoms in total. The van der Waals surface area contributed by atoms with Crippen LogP contribution in [0.5, 0.6) is 0 Å². The van der Waals surface area contributed by atoms with E-state index >= 15 is 0 Å². The molecule has 1 aromatic heterocycles. The summed E-state index contributed by atoms with van der Waals surface area (Å²) in [5.74, 6) is -2.85. The van der Waals surface area contributed by atoms with Crippen LogP contribution in [0.4, 0.5) is 26.3 Å². The molecule has 12 heteroatoms. The van der Waals surface area contributed by atoms with Gasteiger partial charge in [0, 0.05) is 34.2 Å². The van der Waals surface area contributed by atoms with E-state index in [0.717, 1.165) is 6.07 Å². The van der Waals surface area contributed by atoms with Gasteiger partial charge >= 0.3 is 18.3 Å². The zero-order chi connectivity index (χ0) is 25.0. The van der Waals surface area contributed by atoms with Crippen molar-refractivity contribution < 1.29 is 45.8 Å². The summed E-state index contributed by atoms with van der Waals surface area (Å²) in [6.45, 7) is -1.01. The monoisotopic (exact) mass is 503 g/mol. The largest absolute Gasteiger partial charge is 0.507 e. The van der Waals surface area contributed by atoms with E-state index in [0.29, 0.717) is 6.07 Å². The number of carbonyl (C=O) groups is 2. The Morgan fingerprint density at radius 3 is 2.32 bits per heavy atom. The van der Waals surface area contributed by atoms with E-state index in [9.17, 15) is 41.0 Å². The third-order valence-corrected chi connectivity index (χ3v) is 5.51. The summed E-state index contributed by atoms with van der Waals surface area (Å²) in [4.78, 5) is 23.3. The highest BCUT2D eigenvalue weighted by Gasteiger charge is 2.38. The van der Waals surface area contributed by atoms with Crippen molar-refractivity contribution in [3.8, 4) is 0 Å². The number of carbonyl (C=O) groups excluding carboxylic acids is 2. The smallest absolute Gasteiger partial charge is 0.416 e. The number of nitrogens with zero attached hydrogens (tertiary/aromatic N) is 1. The second kappa shape index (κ2) is 8.08. The molecule has 0 radical (unpaired) electrons. The fraction of sp³-hybridized carbons (Fsp3) is 0.182. The van der Waals surface area contributed by atoms with E-state index in [2.05, 4.69) is 4.74 Å². The lowest BCUT2D eigenvalue weighted by atomic mass is 10.0. The van der Waals surface area contributed by atoms with Gasteiger partial charge in [-0.15, -0.1) is 0 Å². The number of halogens is 7. The minimum Gasteiger partial charge on any atom is -0.507 e. The number of aliphatic hydroxyl groups is 1. The van der Waals surface area contributed by atoms with E-state index in [1.54, 1.807) is 0 Å². The Labute approximate surface area is 191 Å². The predicted octanol–water partition coefficient (Wildman–Crippen LogP) is 5.78. The minimum absolute atomic E-state index is 0.0142. The molecule has 0 saturated carbocycles. The summed E-state index contributed by atoms with van der Waals surface area (Å²) < 4.78 is 85.5. The standard InChI is InChI=1S/C22H12ClF6NO4/c23-12-3-4-17-13(6-12)14(18(31)15-9-34-20(33)19(15)32)8-30(17)7-10-1-2-11(21(24,25)26)5-16(10)22(27,28)29/h1-6,8,31H,7,9H2/b18-15-. The molecule has 34 heavy (non-hydrogen) atoms. The van der Waals surface area contributed by atoms with E-state index in [1.165, 1.54) is 29.0 Å². The third kappa shape index (κ3) is 4.23. The van der Waals surface area contributed by atoms with Crippen molar-refractivity contribution in [3.05, 3.63) is 75.4 Å². The molecular formula is C22H12ClF6NO4. The van der Waals surface area contributed by atoms with E-state index in [4.69, 9.17) is 11.6 Å². The van der Waals surface area contributed by atoms with Gasteiger partial charge in [-0.1, -0.05) is 17.7 Å². The molecule has 1 aliphatic heterocycles. The number of esters is 1. The van der Waals surface area contributed by atoms with E-state index in [1.807, 2.05) is 0 Å². The number of fused-ring (bicyclic) bond motifs is 1. The van der Waals surface area contributed by atoms with Gasteiger partial charge in [0.15, 0.2) is 0 Å². The number of hydrogen-bond acceptors (Lipinski definition) is 4. The van der Waals surface area contributed by atoms with Crippen LogP contribution in [0, 0.1) is 0 Å². The molecule has 0 spiro atoms. The van der Waals surface area contributed by atoms with E-state index < -0.39 is 59.7 Å². The molecule has 0 aliphatic carbocycles. The fourth-order valence-corrected chi connectivity index (χ4v) is 3.83. The first kappa shape index (κ1) is 23.7. The maximum absolute atomic E-state index is 13.6. The van der Waals surface area contributed by atoms with Crippen molar-refractivity contribution in [2.24, 2.45) is 0 Å². The molecule has 1 fully saturated rings. The van der Waals surface area contributed by atoms with Gasteiger partial charge in [0.25, 0.3) is 5.78 Å². The Kier molecular flexibility index (Phi) is 5.63. The highest BCUT2D eigenvalue weighted by atomic mass is 35.5. The zero-order valence-electron chi connectivity index (χ0n) is 16.7. The van der Waals surface area contributed by atoms with Crippen molar-refractivity contribution in [2.75, 3.05) is 6.61 Å². The Bertz CT molecular complexity index is 1370. The Hall–Kier alpha value is -3.47. The van der Waals surface area contributed by atoms with Crippen LogP contribution in [0.15, 0.2) is 48.2 Å². The molecule has 0 unspecified atom stereocenters. The summed E-state index contributed by atoms with van der Waals surface area (Å²) in [7, 11) is 0. The van der Waals surface area contributed by atoms with Gasteiger partial charge in [0.1, 0.15) is 12.4 Å². The number of hydrogen-bond donors (Lipinski definition) is 1. The molecule has 4 rings (SSSR count). The van der Waals surface area contributed by atoms with Crippen LogP contribution in [0.3, 0.4) is 0 Å². The second-order valence-corrected chi connectivity index (χ2v) is 7.87. The first-order valence-electron chi connectivity index (χ1n) is 9.47. The fourth-order valence-electron chi connectivity index (χ4n) is 3.66. The molecule has 2 heterocycles. The van der Waals surface area contributed by atoms with Gasteiger partial charge in [-0.25, -0.2) is 4.79 Å². The number of benzene rings is 2. The van der Waals surface area contributed by atoms with Gasteiger partial charge in [-0.2, -0.15) is 26.3 Å². The lowest BCUT2D eigenvalue weighted by Gasteiger charge is -2.17. The van der Waals surface area contributed by atoms with Crippen LogP contribution in [-0.2, 0) is 33.2 Å². The summed E-state index contributed by atoms with van der Waals surface area (Å²) in [6.07, 6.45) is -8.81. The second-order valence-electron chi connectivity index (χ2n) is 7.43. The predicted molar refractivity (Wildman–Crippen MR) is 108 cm³/mol. The van der Waals surface area contributed by atoms with Crippen LogP contribution in [0.1, 0.15) is 22.3 Å². The summed E-state index contributed by atoms with van der Waals surface area (Å²) in [6, 6.07) is 5.58. The SMILES string of the molecule is O=C1OC/C(=C(/O)c2cn(Cc3ccc(C(F)(F)F)cc3C(F)(F)F)c3ccc(Cl)cc23)C1=O. The lowest BCUT2D eigenvalue weighted by molar-refractivity contribution is -0.146. The number of rotatable bonds is 3. The summed E-state index contributed by atoms with van der Waals surface area (Å²) in [5.41, 5.74) is -3.44. The highest BCUT2D eigenvalue weighted by Crippen LogP contribution is 2.38. The average molecular weight is 504 g/mol. The molecule has 178 valence electrons. The number of aromatic nitrogens is 1. The van der Waals surface area contributed by atoms with Crippen molar-refractivity contribution in [3.63, 3.8) is 0 Å². The van der Waals surface area contributed by atoms with Crippen LogP contribution >= 0.6 is 11.6 Å². The number of alkyl halides is 6. The Morgan fingerprint density at radius 1 is 1.03 bits per heavy atom. The molecule has 0 bridgehead atoms. The van der Waals surface area contributed by atoms with E-state index in [-0.39, 0.29) is 33.1 Å². The highest BCUT2D eigenvalue weighted by molar-refractivity contribution is 6.43. The lowest BCUT2D eigenvalue weighted by Crippen LogP contribution is -2.15. The van der Waals surface area contributed by atoms with Gasteiger partial charge in [0.2, 0.25) is 0 Å². The Balaban J connectivity index is 1.87. The molecule has 2 aromatic carbocycles. The first-order valence-corrected chi connectivity index (χ1v) is 9.85. The van der Waals surface area contributed by atoms with Crippen LogP contribution < -0.4 is 0 Å². The molecule has 3 aromatic rings. The zero-order valence-corrected chi connectivity index (χ0v) is 17.5. The summed E-state index contributed by atoms with van der Waals surface area (Å²) >= 11 is 6.01. The van der Waals surface area contributed by atoms with Gasteiger partial charge in [-0.3, -0.25) is 4.79 Å². The number of cyclic esters (lactones) is 1. The normalized spacial score (nSPS) is 16.3.